The van der Waals surface area contributed by atoms with E-state index in [1.165, 1.54) is 6.42 Å². The smallest absolute Gasteiger partial charge is 0.222 e. The second-order valence-electron chi connectivity index (χ2n) is 3.46. The molecule has 14 heavy (non-hydrogen) atoms. The molecule has 1 atom stereocenters. The molecule has 0 bridgehead atoms. The predicted molar refractivity (Wildman–Crippen MR) is 56.5 cm³/mol. The van der Waals surface area contributed by atoms with Crippen LogP contribution in [0.1, 0.15) is 6.42 Å². The summed E-state index contributed by atoms with van der Waals surface area (Å²) in [6, 6.07) is 0. The zero-order chi connectivity index (χ0) is 9.80. The van der Waals surface area contributed by atoms with Gasteiger partial charge in [0.15, 0.2) is 0 Å². The summed E-state index contributed by atoms with van der Waals surface area (Å²) in [7, 11) is 0. The van der Waals surface area contributed by atoms with E-state index in [4.69, 9.17) is 11.6 Å². The molecule has 76 valence electrons. The lowest BCUT2D eigenvalue weighted by atomic mass is 10.1. The van der Waals surface area contributed by atoms with Crippen LogP contribution in [-0.4, -0.2) is 29.6 Å². The topological polar surface area (TPSA) is 49.8 Å². The molecular weight excluding hydrogens is 200 g/mol. The Hall–Kier alpha value is -0.870. The number of aromatic nitrogens is 2. The van der Waals surface area contributed by atoms with Gasteiger partial charge in [-0.1, -0.05) is 11.6 Å². The summed E-state index contributed by atoms with van der Waals surface area (Å²) in [5.74, 6) is 1.34. The molecule has 4 nitrogen and oxygen atoms in total. The summed E-state index contributed by atoms with van der Waals surface area (Å²) < 4.78 is 0. The second kappa shape index (κ2) is 4.57. The number of nitrogens with one attached hydrogen (secondary N) is 2. The first kappa shape index (κ1) is 9.68. The Labute approximate surface area is 88.1 Å². The molecule has 0 radical (unpaired) electrons. The van der Waals surface area contributed by atoms with Gasteiger partial charge in [-0.2, -0.15) is 0 Å². The van der Waals surface area contributed by atoms with Crippen molar-refractivity contribution in [2.45, 2.75) is 6.42 Å². The summed E-state index contributed by atoms with van der Waals surface area (Å²) >= 11 is 5.68. The fourth-order valence-corrected chi connectivity index (χ4v) is 1.63. The molecule has 2 rings (SSSR count). The van der Waals surface area contributed by atoms with E-state index in [0.717, 1.165) is 19.6 Å². The summed E-state index contributed by atoms with van der Waals surface area (Å²) in [4.78, 5) is 8.13. The molecule has 0 amide bonds. The molecule has 0 unspecified atom stereocenters. The molecule has 2 heterocycles. The molecule has 1 aromatic heterocycles. The van der Waals surface area contributed by atoms with E-state index >= 15 is 0 Å². The first-order valence-electron chi connectivity index (χ1n) is 4.77. The number of hydrogen-bond donors (Lipinski definition) is 2. The quantitative estimate of drug-likeness (QED) is 0.790. The fraction of sp³-hybridized carbons (Fsp3) is 0.556. The van der Waals surface area contributed by atoms with E-state index in [2.05, 4.69) is 20.6 Å². The van der Waals surface area contributed by atoms with Crippen molar-refractivity contribution in [1.29, 1.82) is 0 Å². The highest BCUT2D eigenvalue weighted by Gasteiger charge is 2.13. The lowest BCUT2D eigenvalue weighted by Crippen LogP contribution is -2.18. The van der Waals surface area contributed by atoms with Crippen LogP contribution in [-0.2, 0) is 0 Å². The van der Waals surface area contributed by atoms with Gasteiger partial charge in [0.05, 0.1) is 17.4 Å². The van der Waals surface area contributed by atoms with Gasteiger partial charge in [-0.05, 0) is 25.4 Å². The van der Waals surface area contributed by atoms with Gasteiger partial charge in [-0.15, -0.1) is 0 Å². The summed E-state index contributed by atoms with van der Waals surface area (Å²) in [6.07, 6.45) is 4.42. The van der Waals surface area contributed by atoms with Crippen LogP contribution in [0.5, 0.6) is 0 Å². The van der Waals surface area contributed by atoms with Gasteiger partial charge in [-0.25, -0.2) is 9.97 Å². The maximum Gasteiger partial charge on any atom is 0.222 e. The van der Waals surface area contributed by atoms with E-state index in [0.29, 0.717) is 16.9 Å². The van der Waals surface area contributed by atoms with E-state index in [1.807, 2.05) is 0 Å². The Morgan fingerprint density at radius 1 is 1.50 bits per heavy atom. The van der Waals surface area contributed by atoms with E-state index < -0.39 is 0 Å². The largest absolute Gasteiger partial charge is 0.354 e. The first-order valence-corrected chi connectivity index (χ1v) is 5.14. The summed E-state index contributed by atoms with van der Waals surface area (Å²) in [5.41, 5.74) is 0. The van der Waals surface area contributed by atoms with Gasteiger partial charge in [0.2, 0.25) is 5.95 Å². The molecular formula is C9H13ClN4. The molecule has 0 spiro atoms. The number of anilines is 1. The standard InChI is InChI=1S/C9H13ClN4/c10-8-5-13-9(14-6-8)12-4-7-1-2-11-3-7/h5-7,11H,1-4H2,(H,12,13,14)/t7-/m1/s1. The normalized spacial score (nSPS) is 21.1. The van der Waals surface area contributed by atoms with Crippen molar-refractivity contribution in [1.82, 2.24) is 15.3 Å². The van der Waals surface area contributed by atoms with Crippen LogP contribution in [0.4, 0.5) is 5.95 Å². The highest BCUT2D eigenvalue weighted by Crippen LogP contribution is 2.09. The number of rotatable bonds is 3. The number of halogens is 1. The predicted octanol–water partition coefficient (Wildman–Crippen LogP) is 1.15. The van der Waals surface area contributed by atoms with Crippen molar-refractivity contribution in [2.24, 2.45) is 5.92 Å². The molecule has 0 saturated carbocycles. The maximum absolute atomic E-state index is 5.68. The number of hydrogen-bond acceptors (Lipinski definition) is 4. The molecule has 1 aliphatic rings. The minimum absolute atomic E-state index is 0.568. The van der Waals surface area contributed by atoms with Crippen molar-refractivity contribution >= 4 is 17.5 Å². The van der Waals surface area contributed by atoms with E-state index in [9.17, 15) is 0 Å². The summed E-state index contributed by atoms with van der Waals surface area (Å²) in [5, 5.41) is 7.08. The van der Waals surface area contributed by atoms with Crippen LogP contribution in [0.2, 0.25) is 5.02 Å². The molecule has 0 aliphatic carbocycles. The average molecular weight is 213 g/mol. The highest BCUT2D eigenvalue weighted by molar-refractivity contribution is 6.30. The van der Waals surface area contributed by atoms with Crippen LogP contribution in [0.25, 0.3) is 0 Å². The Morgan fingerprint density at radius 3 is 2.93 bits per heavy atom. The molecule has 1 fully saturated rings. The van der Waals surface area contributed by atoms with Crippen molar-refractivity contribution in [3.8, 4) is 0 Å². The second-order valence-corrected chi connectivity index (χ2v) is 3.90. The van der Waals surface area contributed by atoms with Crippen molar-refractivity contribution in [3.05, 3.63) is 17.4 Å². The third kappa shape index (κ3) is 2.56. The monoisotopic (exact) mass is 212 g/mol. The minimum Gasteiger partial charge on any atom is -0.354 e. The molecule has 2 N–H and O–H groups in total. The zero-order valence-corrected chi connectivity index (χ0v) is 8.59. The van der Waals surface area contributed by atoms with E-state index in [-0.39, 0.29) is 0 Å². The van der Waals surface area contributed by atoms with Crippen LogP contribution < -0.4 is 10.6 Å². The average Bonchev–Trinajstić information content (AvgIpc) is 2.70. The van der Waals surface area contributed by atoms with Crippen LogP contribution >= 0.6 is 11.6 Å². The summed E-state index contributed by atoms with van der Waals surface area (Å²) in [6.45, 7) is 3.13. The zero-order valence-electron chi connectivity index (χ0n) is 7.83. The molecule has 1 aliphatic heterocycles. The van der Waals surface area contributed by atoms with Crippen LogP contribution in [0.15, 0.2) is 12.4 Å². The SMILES string of the molecule is Clc1cnc(NC[C@@H]2CCNC2)nc1. The molecule has 1 aromatic rings. The lowest BCUT2D eigenvalue weighted by molar-refractivity contribution is 0.613. The molecule has 5 heteroatoms. The van der Waals surface area contributed by atoms with Gasteiger partial charge in [0.1, 0.15) is 0 Å². The molecule has 1 saturated heterocycles. The van der Waals surface area contributed by atoms with Crippen LogP contribution in [0.3, 0.4) is 0 Å². The van der Waals surface area contributed by atoms with E-state index in [1.54, 1.807) is 12.4 Å². The lowest BCUT2D eigenvalue weighted by Gasteiger charge is -2.09. The minimum atomic E-state index is 0.568. The van der Waals surface area contributed by atoms with Gasteiger partial charge in [0, 0.05) is 6.54 Å². The third-order valence-corrected chi connectivity index (χ3v) is 2.53. The Morgan fingerprint density at radius 2 is 2.29 bits per heavy atom. The third-order valence-electron chi connectivity index (χ3n) is 2.33. The van der Waals surface area contributed by atoms with Gasteiger partial charge < -0.3 is 10.6 Å². The van der Waals surface area contributed by atoms with Crippen molar-refractivity contribution in [2.75, 3.05) is 25.0 Å². The van der Waals surface area contributed by atoms with Gasteiger partial charge in [-0.3, -0.25) is 0 Å². The van der Waals surface area contributed by atoms with Gasteiger partial charge in [0.25, 0.3) is 0 Å². The Balaban J connectivity index is 1.82. The maximum atomic E-state index is 5.68. The van der Waals surface area contributed by atoms with Crippen LogP contribution in [0, 0.1) is 5.92 Å². The molecule has 0 aromatic carbocycles. The Kier molecular flexibility index (Phi) is 3.16. The van der Waals surface area contributed by atoms with Gasteiger partial charge >= 0.3 is 0 Å². The number of nitrogens with zero attached hydrogens (tertiary/aromatic N) is 2. The van der Waals surface area contributed by atoms with Crippen molar-refractivity contribution < 1.29 is 0 Å². The van der Waals surface area contributed by atoms with Crippen molar-refractivity contribution in [3.63, 3.8) is 0 Å². The Bertz CT molecular complexity index is 281. The fourth-order valence-electron chi connectivity index (χ4n) is 1.53. The first-order chi connectivity index (χ1) is 6.84. The highest BCUT2D eigenvalue weighted by atomic mass is 35.5.